The van der Waals surface area contributed by atoms with E-state index in [0.717, 1.165) is 32.4 Å². The fourth-order valence-electron chi connectivity index (χ4n) is 2.86. The van der Waals surface area contributed by atoms with Gasteiger partial charge in [0.05, 0.1) is 13.7 Å². The summed E-state index contributed by atoms with van der Waals surface area (Å²) in [6.07, 6.45) is 2.62. The average molecular weight is 352 g/mol. The van der Waals surface area contributed by atoms with Gasteiger partial charge in [0, 0.05) is 12.6 Å². The molecule has 140 valence electrons. The SMILES string of the molecule is COC(=O)c1ccc(CNCCC2CCCN2C(=O)OC(C)(C)C)o1. The molecule has 1 saturated heterocycles. The first-order valence-corrected chi connectivity index (χ1v) is 8.67. The van der Waals surface area contributed by atoms with Crippen molar-refractivity contribution in [3.8, 4) is 0 Å². The Hall–Kier alpha value is -2.02. The van der Waals surface area contributed by atoms with Gasteiger partial charge in [-0.15, -0.1) is 0 Å². The summed E-state index contributed by atoms with van der Waals surface area (Å²) in [6.45, 7) is 7.66. The third kappa shape index (κ3) is 5.77. The highest BCUT2D eigenvalue weighted by atomic mass is 16.6. The molecular weight excluding hydrogens is 324 g/mol. The van der Waals surface area contributed by atoms with Crippen molar-refractivity contribution in [2.45, 2.75) is 58.2 Å². The molecule has 0 saturated carbocycles. The Bertz CT molecular complexity index is 591. The van der Waals surface area contributed by atoms with Crippen LogP contribution in [-0.2, 0) is 16.0 Å². The normalized spacial score (nSPS) is 17.6. The molecule has 1 aliphatic heterocycles. The van der Waals surface area contributed by atoms with Crippen molar-refractivity contribution in [3.05, 3.63) is 23.7 Å². The van der Waals surface area contributed by atoms with E-state index < -0.39 is 11.6 Å². The van der Waals surface area contributed by atoms with Gasteiger partial charge in [0.15, 0.2) is 0 Å². The molecule has 0 radical (unpaired) electrons. The van der Waals surface area contributed by atoms with Crippen molar-refractivity contribution < 1.29 is 23.5 Å². The molecule has 1 atom stereocenters. The Balaban J connectivity index is 1.74. The van der Waals surface area contributed by atoms with Gasteiger partial charge in [-0.1, -0.05) is 0 Å². The number of rotatable bonds is 6. The first kappa shape index (κ1) is 19.3. The van der Waals surface area contributed by atoms with Gasteiger partial charge >= 0.3 is 12.1 Å². The second kappa shape index (κ2) is 8.38. The molecular formula is C18H28N2O5. The molecule has 1 N–H and O–H groups in total. The standard InChI is InChI=1S/C18H28N2O5/c1-18(2,3)25-17(22)20-11-5-6-13(20)9-10-19-12-14-7-8-15(24-14)16(21)23-4/h7-8,13,19H,5-6,9-12H2,1-4H3. The third-order valence-corrected chi connectivity index (χ3v) is 4.01. The Morgan fingerprint density at radius 1 is 1.36 bits per heavy atom. The van der Waals surface area contributed by atoms with Crippen LogP contribution in [-0.4, -0.2) is 48.8 Å². The summed E-state index contributed by atoms with van der Waals surface area (Å²) in [7, 11) is 1.32. The second-order valence-corrected chi connectivity index (χ2v) is 7.19. The Morgan fingerprint density at radius 3 is 2.80 bits per heavy atom. The number of hydrogen-bond acceptors (Lipinski definition) is 6. The number of nitrogens with zero attached hydrogens (tertiary/aromatic N) is 1. The molecule has 25 heavy (non-hydrogen) atoms. The van der Waals surface area contributed by atoms with Crippen LogP contribution in [0, 0.1) is 0 Å². The quantitative estimate of drug-likeness (QED) is 0.626. The maximum atomic E-state index is 12.2. The highest BCUT2D eigenvalue weighted by Crippen LogP contribution is 2.22. The van der Waals surface area contributed by atoms with Gasteiger partial charge in [-0.05, 0) is 58.7 Å². The molecule has 1 aromatic heterocycles. The van der Waals surface area contributed by atoms with E-state index in [1.165, 1.54) is 7.11 Å². The van der Waals surface area contributed by atoms with E-state index in [1.54, 1.807) is 12.1 Å². The van der Waals surface area contributed by atoms with Gasteiger partial charge in [0.1, 0.15) is 11.4 Å². The molecule has 1 amide bonds. The lowest BCUT2D eigenvalue weighted by Crippen LogP contribution is -2.40. The van der Waals surface area contributed by atoms with Crippen LogP contribution in [0.2, 0.25) is 0 Å². The summed E-state index contributed by atoms with van der Waals surface area (Å²) in [5.74, 6) is 0.396. The highest BCUT2D eigenvalue weighted by Gasteiger charge is 2.31. The van der Waals surface area contributed by atoms with Crippen molar-refractivity contribution in [2.75, 3.05) is 20.2 Å². The minimum Gasteiger partial charge on any atom is -0.463 e. The van der Waals surface area contributed by atoms with E-state index in [9.17, 15) is 9.59 Å². The van der Waals surface area contributed by atoms with Gasteiger partial charge < -0.3 is 24.1 Å². The topological polar surface area (TPSA) is 81.0 Å². The largest absolute Gasteiger partial charge is 0.463 e. The maximum Gasteiger partial charge on any atom is 0.410 e. The summed E-state index contributed by atoms with van der Waals surface area (Å²) >= 11 is 0. The smallest absolute Gasteiger partial charge is 0.410 e. The van der Waals surface area contributed by atoms with Gasteiger partial charge in [0.2, 0.25) is 5.76 Å². The van der Waals surface area contributed by atoms with E-state index in [2.05, 4.69) is 10.1 Å². The maximum absolute atomic E-state index is 12.2. The monoisotopic (exact) mass is 352 g/mol. The molecule has 0 aliphatic carbocycles. The number of nitrogens with one attached hydrogen (secondary N) is 1. The van der Waals surface area contributed by atoms with E-state index in [0.29, 0.717) is 12.3 Å². The minimum absolute atomic E-state index is 0.199. The number of ether oxygens (including phenoxy) is 2. The van der Waals surface area contributed by atoms with E-state index >= 15 is 0 Å². The zero-order chi connectivity index (χ0) is 18.4. The number of methoxy groups -OCH3 is 1. The summed E-state index contributed by atoms with van der Waals surface area (Å²) in [5, 5.41) is 3.28. The molecule has 1 unspecified atom stereocenters. The first-order chi connectivity index (χ1) is 11.8. The number of carbonyl (C=O) groups is 2. The summed E-state index contributed by atoms with van der Waals surface area (Å²) in [6, 6.07) is 3.55. The second-order valence-electron chi connectivity index (χ2n) is 7.19. The van der Waals surface area contributed by atoms with Gasteiger partial charge in [-0.3, -0.25) is 0 Å². The summed E-state index contributed by atoms with van der Waals surface area (Å²) in [4.78, 5) is 25.4. The third-order valence-electron chi connectivity index (χ3n) is 4.01. The van der Waals surface area contributed by atoms with Crippen LogP contribution in [0.15, 0.2) is 16.5 Å². The van der Waals surface area contributed by atoms with Crippen LogP contribution in [0.3, 0.4) is 0 Å². The fourth-order valence-corrected chi connectivity index (χ4v) is 2.86. The van der Waals surface area contributed by atoms with E-state index in [1.807, 2.05) is 25.7 Å². The lowest BCUT2D eigenvalue weighted by molar-refractivity contribution is 0.0220. The number of likely N-dealkylation sites (tertiary alicyclic amines) is 1. The van der Waals surface area contributed by atoms with Crippen LogP contribution >= 0.6 is 0 Å². The predicted octanol–water partition coefficient (Wildman–Crippen LogP) is 2.95. The molecule has 0 spiro atoms. The van der Waals surface area contributed by atoms with Crippen LogP contribution in [0.5, 0.6) is 0 Å². The molecule has 0 bridgehead atoms. The Labute approximate surface area is 148 Å². The number of esters is 1. The lowest BCUT2D eigenvalue weighted by atomic mass is 10.1. The molecule has 0 aromatic carbocycles. The van der Waals surface area contributed by atoms with E-state index in [4.69, 9.17) is 9.15 Å². The van der Waals surface area contributed by atoms with Crippen molar-refractivity contribution >= 4 is 12.1 Å². The van der Waals surface area contributed by atoms with Gasteiger partial charge in [-0.2, -0.15) is 0 Å². The first-order valence-electron chi connectivity index (χ1n) is 8.67. The van der Waals surface area contributed by atoms with Crippen LogP contribution < -0.4 is 5.32 Å². The zero-order valence-corrected chi connectivity index (χ0v) is 15.5. The van der Waals surface area contributed by atoms with Crippen molar-refractivity contribution in [1.29, 1.82) is 0 Å². The molecule has 1 aliphatic rings. The Morgan fingerprint density at radius 2 is 2.12 bits per heavy atom. The lowest BCUT2D eigenvalue weighted by Gasteiger charge is -2.28. The van der Waals surface area contributed by atoms with Crippen molar-refractivity contribution in [3.63, 3.8) is 0 Å². The predicted molar refractivity (Wildman–Crippen MR) is 92.3 cm³/mol. The number of carbonyl (C=O) groups excluding carboxylic acids is 2. The van der Waals surface area contributed by atoms with Crippen molar-refractivity contribution in [2.24, 2.45) is 0 Å². The molecule has 7 nitrogen and oxygen atoms in total. The molecule has 1 fully saturated rings. The number of hydrogen-bond donors (Lipinski definition) is 1. The molecule has 2 heterocycles. The Kier molecular flexibility index (Phi) is 6.47. The van der Waals surface area contributed by atoms with Crippen LogP contribution in [0.4, 0.5) is 4.79 Å². The number of amides is 1. The molecule has 7 heteroatoms. The minimum atomic E-state index is -0.481. The molecule has 2 rings (SSSR count). The van der Waals surface area contributed by atoms with Gasteiger partial charge in [0.25, 0.3) is 0 Å². The summed E-state index contributed by atoms with van der Waals surface area (Å²) in [5.41, 5.74) is -0.473. The fraction of sp³-hybridized carbons (Fsp3) is 0.667. The molecule has 1 aromatic rings. The average Bonchev–Trinajstić information content (AvgIpc) is 3.18. The number of furan rings is 1. The van der Waals surface area contributed by atoms with Gasteiger partial charge in [-0.25, -0.2) is 9.59 Å². The van der Waals surface area contributed by atoms with Crippen LogP contribution in [0.25, 0.3) is 0 Å². The van der Waals surface area contributed by atoms with E-state index in [-0.39, 0.29) is 17.9 Å². The van der Waals surface area contributed by atoms with Crippen molar-refractivity contribution in [1.82, 2.24) is 10.2 Å². The summed E-state index contributed by atoms with van der Waals surface area (Å²) < 4.78 is 15.5. The zero-order valence-electron chi connectivity index (χ0n) is 15.5. The highest BCUT2D eigenvalue weighted by molar-refractivity contribution is 5.86. The van der Waals surface area contributed by atoms with Crippen LogP contribution in [0.1, 0.15) is 56.3 Å².